The SMILES string of the molecule is CC(=O)N(O)CCCCCNC(=O)CCC(=O)N(O)CCCCCNC(=O)CCC(=O)N(O)CCCCCNC(=O)C1(CCCCCNC=S)CCCN(O)C1=O.CNc1ccc(SC#N)cc1. The molecule has 0 aromatic heterocycles. The maximum atomic E-state index is 13.2. The highest BCUT2D eigenvalue weighted by molar-refractivity contribution is 8.03. The normalized spacial score (nSPS) is 14.0. The highest BCUT2D eigenvalue weighted by Gasteiger charge is 2.49. The van der Waals surface area contributed by atoms with Gasteiger partial charge in [0.2, 0.25) is 35.4 Å². The molecule has 0 radical (unpaired) electrons. The van der Waals surface area contributed by atoms with Crippen molar-refractivity contribution in [2.75, 3.05) is 64.7 Å². The van der Waals surface area contributed by atoms with E-state index < -0.39 is 35.0 Å². The molecule has 2 rings (SSSR count). The fourth-order valence-corrected chi connectivity index (χ4v) is 7.47. The zero-order valence-electron chi connectivity index (χ0n) is 39.7. The van der Waals surface area contributed by atoms with E-state index in [9.17, 15) is 54.4 Å². The highest BCUT2D eigenvalue weighted by atomic mass is 32.2. The van der Waals surface area contributed by atoms with Crippen LogP contribution in [-0.4, -0.2) is 147 Å². The van der Waals surface area contributed by atoms with Gasteiger partial charge in [-0.3, -0.25) is 54.4 Å². The van der Waals surface area contributed by atoms with Crippen molar-refractivity contribution in [3.63, 3.8) is 0 Å². The van der Waals surface area contributed by atoms with Crippen LogP contribution < -0.4 is 26.6 Å². The summed E-state index contributed by atoms with van der Waals surface area (Å²) < 4.78 is 0. The minimum atomic E-state index is -1.30. The molecule has 382 valence electrons. The van der Waals surface area contributed by atoms with Gasteiger partial charge in [-0.25, -0.2) is 20.3 Å². The Kier molecular flexibility index (Phi) is 33.0. The smallest absolute Gasteiger partial charge is 0.261 e. The minimum absolute atomic E-state index is 0.0581. The fraction of sp³-hybridized carbons (Fsp3) is 0.667. The number of nitriles is 1. The summed E-state index contributed by atoms with van der Waals surface area (Å²) in [6, 6.07) is 7.72. The van der Waals surface area contributed by atoms with Gasteiger partial charge >= 0.3 is 0 Å². The number of hydrogen-bond acceptors (Lipinski definition) is 15. The van der Waals surface area contributed by atoms with Crippen molar-refractivity contribution in [1.82, 2.24) is 41.5 Å². The first kappa shape index (κ1) is 60.9. The second-order valence-corrected chi connectivity index (χ2v) is 17.4. The summed E-state index contributed by atoms with van der Waals surface area (Å²) >= 11 is 5.91. The lowest BCUT2D eigenvalue weighted by Crippen LogP contribution is -2.55. The zero-order chi connectivity index (χ0) is 50.6. The zero-order valence-corrected chi connectivity index (χ0v) is 41.3. The Morgan fingerprint density at radius 2 is 1.22 bits per heavy atom. The minimum Gasteiger partial charge on any atom is -0.388 e. The first-order valence-corrected chi connectivity index (χ1v) is 24.7. The van der Waals surface area contributed by atoms with Crippen LogP contribution in [0, 0.1) is 16.1 Å². The Morgan fingerprint density at radius 3 is 1.71 bits per heavy atom. The number of hydroxylamine groups is 8. The van der Waals surface area contributed by atoms with Crippen molar-refractivity contribution in [3.05, 3.63) is 24.3 Å². The number of thioether (sulfide) groups is 1. The van der Waals surface area contributed by atoms with Gasteiger partial charge in [-0.05, 0) is 119 Å². The molecule has 0 saturated carbocycles. The summed E-state index contributed by atoms with van der Waals surface area (Å²) in [5.74, 6) is -3.24. The van der Waals surface area contributed by atoms with Crippen LogP contribution in [0.4, 0.5) is 5.69 Å². The number of rotatable bonds is 34. The van der Waals surface area contributed by atoms with E-state index in [0.717, 1.165) is 23.4 Å². The Labute approximate surface area is 409 Å². The van der Waals surface area contributed by atoms with Crippen LogP contribution in [0.15, 0.2) is 29.2 Å². The molecular weight excluding hydrogens is 921 g/mol. The molecule has 0 bridgehead atoms. The number of unbranched alkanes of at least 4 members (excludes halogenated alkanes) is 8. The Bertz CT molecular complexity index is 1740. The average Bonchev–Trinajstić information content (AvgIpc) is 3.33. The second-order valence-electron chi connectivity index (χ2n) is 16.3. The molecule has 68 heavy (non-hydrogen) atoms. The maximum absolute atomic E-state index is 13.2. The van der Waals surface area contributed by atoms with Crippen molar-refractivity contribution in [3.8, 4) is 5.40 Å². The number of thiocyanates is 1. The molecular formula is C45H74N10O11S2. The summed E-state index contributed by atoms with van der Waals surface area (Å²) in [4.78, 5) is 86.5. The van der Waals surface area contributed by atoms with E-state index >= 15 is 0 Å². The predicted octanol–water partition coefficient (Wildman–Crippen LogP) is 4.49. The van der Waals surface area contributed by atoms with Gasteiger partial charge in [0, 0.05) is 103 Å². The van der Waals surface area contributed by atoms with E-state index in [-0.39, 0.29) is 63.7 Å². The van der Waals surface area contributed by atoms with Gasteiger partial charge in [0.15, 0.2) is 0 Å². The molecule has 1 aromatic rings. The van der Waals surface area contributed by atoms with E-state index in [2.05, 4.69) is 26.6 Å². The van der Waals surface area contributed by atoms with Crippen LogP contribution in [0.1, 0.15) is 129 Å². The lowest BCUT2D eigenvalue weighted by Gasteiger charge is -2.37. The van der Waals surface area contributed by atoms with Crippen LogP contribution in [0.5, 0.6) is 0 Å². The summed E-state index contributed by atoms with van der Waals surface area (Å²) in [6.07, 6.45) is 8.22. The molecule has 9 N–H and O–H groups in total. The molecule has 1 atom stereocenters. The van der Waals surface area contributed by atoms with E-state index in [0.29, 0.717) is 130 Å². The van der Waals surface area contributed by atoms with Gasteiger partial charge < -0.3 is 26.6 Å². The molecule has 0 aliphatic carbocycles. The molecule has 1 heterocycles. The summed E-state index contributed by atoms with van der Waals surface area (Å²) in [7, 11) is 1.87. The monoisotopic (exact) mass is 994 g/mol. The number of nitrogens with zero attached hydrogens (tertiary/aromatic N) is 5. The quantitative estimate of drug-likeness (QED) is 0.00874. The van der Waals surface area contributed by atoms with Crippen LogP contribution in [0.25, 0.3) is 0 Å². The Hall–Kier alpha value is -5.12. The van der Waals surface area contributed by atoms with Crippen molar-refractivity contribution < 1.29 is 54.4 Å². The Balaban J connectivity index is 0.00000183. The second kappa shape index (κ2) is 36.9. The number of thiocarbonyl (C=S) groups is 1. The molecule has 1 aliphatic rings. The highest BCUT2D eigenvalue weighted by Crippen LogP contribution is 2.36. The van der Waals surface area contributed by atoms with Crippen molar-refractivity contribution >= 4 is 76.5 Å². The molecule has 1 fully saturated rings. The third-order valence-electron chi connectivity index (χ3n) is 11.0. The number of anilines is 1. The third-order valence-corrected chi connectivity index (χ3v) is 11.8. The molecule has 23 heteroatoms. The standard InChI is InChI=1S/C37H66N8O11S.C8H8N2S/c1-30(46)42(53)25-11-3-8-22-39-31(47)15-17-33(49)43(54)26-12-4-9-23-40-32(48)16-18-34(50)44(55)27-13-5-10-24-41-35(51)37(19-6-2-7-21-38-29-57)20-14-28-45(56)36(37)52;1-10-7-2-4-8(5-3-7)11-6-9/h29,53-56H,2-28H2,1H3,(H,38,57)(H,39,47)(H,40,48)(H,41,51);2-5,10H,1H3. The van der Waals surface area contributed by atoms with E-state index in [1.165, 1.54) is 24.2 Å². The summed E-state index contributed by atoms with van der Waals surface area (Å²) in [6.45, 7) is 3.56. The van der Waals surface area contributed by atoms with Gasteiger partial charge in [-0.15, -0.1) is 0 Å². The molecule has 1 unspecified atom stereocenters. The predicted molar refractivity (Wildman–Crippen MR) is 258 cm³/mol. The summed E-state index contributed by atoms with van der Waals surface area (Å²) in [5, 5.41) is 66.4. The number of benzene rings is 1. The lowest BCUT2D eigenvalue weighted by molar-refractivity contribution is -0.188. The van der Waals surface area contributed by atoms with Crippen molar-refractivity contribution in [1.29, 1.82) is 5.26 Å². The van der Waals surface area contributed by atoms with Crippen LogP contribution in [0.2, 0.25) is 0 Å². The third kappa shape index (κ3) is 26.4. The first-order chi connectivity index (χ1) is 32.6. The lowest BCUT2D eigenvalue weighted by atomic mass is 9.74. The van der Waals surface area contributed by atoms with E-state index in [4.69, 9.17) is 17.5 Å². The summed E-state index contributed by atoms with van der Waals surface area (Å²) in [5.41, 5.74) is 1.21. The number of carbonyl (C=O) groups excluding carboxylic acids is 7. The number of hydrogen-bond donors (Lipinski definition) is 9. The Morgan fingerprint density at radius 1 is 0.735 bits per heavy atom. The van der Waals surface area contributed by atoms with Crippen LogP contribution in [0.3, 0.4) is 0 Å². The number of amides is 7. The largest absolute Gasteiger partial charge is 0.388 e. The first-order valence-electron chi connectivity index (χ1n) is 23.4. The van der Waals surface area contributed by atoms with Gasteiger partial charge in [0.25, 0.3) is 5.91 Å². The van der Waals surface area contributed by atoms with Gasteiger partial charge in [-0.1, -0.05) is 25.1 Å². The van der Waals surface area contributed by atoms with Gasteiger partial charge in [-0.2, -0.15) is 5.26 Å². The fourth-order valence-electron chi connectivity index (χ4n) is 6.97. The number of carbonyl (C=O) groups is 7. The molecule has 1 aromatic carbocycles. The van der Waals surface area contributed by atoms with Crippen LogP contribution >= 0.6 is 24.0 Å². The molecule has 21 nitrogen and oxygen atoms in total. The molecule has 1 saturated heterocycles. The number of nitrogens with one attached hydrogen (secondary N) is 5. The van der Waals surface area contributed by atoms with E-state index in [1.54, 1.807) is 0 Å². The number of piperidine rings is 1. The molecule has 0 spiro atoms. The topological polar surface area (TPSA) is 297 Å². The maximum Gasteiger partial charge on any atom is 0.261 e. The van der Waals surface area contributed by atoms with Gasteiger partial charge in [0.1, 0.15) is 10.8 Å². The van der Waals surface area contributed by atoms with E-state index in [1.807, 2.05) is 36.7 Å². The van der Waals surface area contributed by atoms with Crippen LogP contribution in [-0.2, 0) is 33.6 Å². The molecule has 1 aliphatic heterocycles. The average molecular weight is 995 g/mol. The van der Waals surface area contributed by atoms with Crippen molar-refractivity contribution in [2.45, 2.75) is 134 Å². The molecule has 7 amide bonds. The van der Waals surface area contributed by atoms with Crippen molar-refractivity contribution in [2.24, 2.45) is 5.41 Å². The van der Waals surface area contributed by atoms with Gasteiger partial charge in [0.05, 0.1) is 5.49 Å².